The number of carbonyl (C=O) groups is 2. The van der Waals surface area contributed by atoms with E-state index in [-0.39, 0.29) is 5.91 Å². The summed E-state index contributed by atoms with van der Waals surface area (Å²) in [7, 11) is 0. The number of carboxylic acids is 1. The largest absolute Gasteiger partial charge is 0.480 e. The highest BCUT2D eigenvalue weighted by Gasteiger charge is 2.24. The Labute approximate surface area is 113 Å². The van der Waals surface area contributed by atoms with Gasteiger partial charge in [-0.25, -0.2) is 4.79 Å². The SMILES string of the molecule is CC(O)C(NC(=O)CCCCCCCS)C(=O)O. The molecular formula is C12H23NO4S. The van der Waals surface area contributed by atoms with Gasteiger partial charge in [-0.1, -0.05) is 19.3 Å². The second-order valence-corrected chi connectivity index (χ2v) is 4.81. The van der Waals surface area contributed by atoms with Crippen LogP contribution in [0, 0.1) is 0 Å². The van der Waals surface area contributed by atoms with Gasteiger partial charge in [-0.05, 0) is 25.5 Å². The molecule has 3 N–H and O–H groups in total. The lowest BCUT2D eigenvalue weighted by molar-refractivity contribution is -0.144. The number of thiol groups is 1. The highest BCUT2D eigenvalue weighted by Crippen LogP contribution is 2.06. The van der Waals surface area contributed by atoms with E-state index < -0.39 is 18.1 Å². The minimum Gasteiger partial charge on any atom is -0.480 e. The normalized spacial score (nSPS) is 13.9. The molecule has 6 heteroatoms. The van der Waals surface area contributed by atoms with E-state index in [9.17, 15) is 14.7 Å². The second-order valence-electron chi connectivity index (χ2n) is 4.37. The van der Waals surface area contributed by atoms with Gasteiger partial charge in [0.2, 0.25) is 5.91 Å². The number of aliphatic hydroxyl groups excluding tert-OH is 1. The van der Waals surface area contributed by atoms with Crippen molar-refractivity contribution in [1.29, 1.82) is 0 Å². The van der Waals surface area contributed by atoms with Crippen LogP contribution in [0.2, 0.25) is 0 Å². The van der Waals surface area contributed by atoms with Crippen LogP contribution in [0.5, 0.6) is 0 Å². The molecule has 0 aliphatic rings. The quantitative estimate of drug-likeness (QED) is 0.357. The van der Waals surface area contributed by atoms with Crippen LogP contribution in [-0.2, 0) is 9.59 Å². The molecule has 0 heterocycles. The molecule has 0 aliphatic carbocycles. The van der Waals surface area contributed by atoms with Crippen LogP contribution in [0.25, 0.3) is 0 Å². The molecule has 0 radical (unpaired) electrons. The van der Waals surface area contributed by atoms with Gasteiger partial charge in [-0.2, -0.15) is 12.6 Å². The zero-order valence-corrected chi connectivity index (χ0v) is 11.7. The smallest absolute Gasteiger partial charge is 0.328 e. The molecular weight excluding hydrogens is 254 g/mol. The highest BCUT2D eigenvalue weighted by molar-refractivity contribution is 7.80. The number of unbranched alkanes of at least 4 members (excludes halogenated alkanes) is 4. The van der Waals surface area contributed by atoms with Gasteiger partial charge in [0.1, 0.15) is 0 Å². The summed E-state index contributed by atoms with van der Waals surface area (Å²) < 4.78 is 0. The van der Waals surface area contributed by atoms with Crippen LogP contribution in [0.3, 0.4) is 0 Å². The third-order valence-electron chi connectivity index (χ3n) is 2.63. The minimum absolute atomic E-state index is 0.303. The maximum absolute atomic E-state index is 11.5. The van der Waals surface area contributed by atoms with Gasteiger partial charge in [-0.3, -0.25) is 4.79 Å². The maximum Gasteiger partial charge on any atom is 0.328 e. The van der Waals surface area contributed by atoms with Gasteiger partial charge in [0.05, 0.1) is 6.10 Å². The van der Waals surface area contributed by atoms with E-state index in [0.29, 0.717) is 6.42 Å². The molecule has 5 nitrogen and oxygen atoms in total. The lowest BCUT2D eigenvalue weighted by atomic mass is 10.1. The Morgan fingerprint density at radius 2 is 1.72 bits per heavy atom. The molecule has 0 rings (SSSR count). The fraction of sp³-hybridized carbons (Fsp3) is 0.833. The molecule has 0 aromatic carbocycles. The predicted octanol–water partition coefficient (Wildman–Crippen LogP) is 1.21. The van der Waals surface area contributed by atoms with Crippen molar-refractivity contribution in [3.05, 3.63) is 0 Å². The summed E-state index contributed by atoms with van der Waals surface area (Å²) >= 11 is 4.11. The van der Waals surface area contributed by atoms with Crippen LogP contribution < -0.4 is 5.32 Å². The summed E-state index contributed by atoms with van der Waals surface area (Å²) in [5, 5.41) is 20.3. The van der Waals surface area contributed by atoms with Gasteiger partial charge in [0.25, 0.3) is 0 Å². The lowest BCUT2D eigenvalue weighted by Crippen LogP contribution is -2.47. The number of rotatable bonds is 10. The summed E-state index contributed by atoms with van der Waals surface area (Å²) in [5.74, 6) is -0.653. The Morgan fingerprint density at radius 1 is 1.17 bits per heavy atom. The first-order valence-electron chi connectivity index (χ1n) is 6.30. The molecule has 0 saturated carbocycles. The number of carboxylic acid groups (broad SMARTS) is 1. The van der Waals surface area contributed by atoms with Crippen molar-refractivity contribution in [1.82, 2.24) is 5.32 Å². The van der Waals surface area contributed by atoms with Crippen molar-refractivity contribution in [3.63, 3.8) is 0 Å². The number of amides is 1. The summed E-state index contributed by atoms with van der Waals surface area (Å²) in [5.41, 5.74) is 0. The Morgan fingerprint density at radius 3 is 2.22 bits per heavy atom. The third kappa shape index (κ3) is 8.36. The average molecular weight is 277 g/mol. The van der Waals surface area contributed by atoms with Crippen molar-refractivity contribution in [2.75, 3.05) is 5.75 Å². The molecule has 1 amide bonds. The van der Waals surface area contributed by atoms with Gasteiger partial charge < -0.3 is 15.5 Å². The number of aliphatic hydroxyl groups is 1. The van der Waals surface area contributed by atoms with E-state index in [2.05, 4.69) is 17.9 Å². The molecule has 2 unspecified atom stereocenters. The van der Waals surface area contributed by atoms with Crippen molar-refractivity contribution in [2.24, 2.45) is 0 Å². The van der Waals surface area contributed by atoms with Crippen molar-refractivity contribution < 1.29 is 19.8 Å². The van der Waals surface area contributed by atoms with Crippen molar-refractivity contribution in [3.8, 4) is 0 Å². The third-order valence-corrected chi connectivity index (χ3v) is 2.94. The van der Waals surface area contributed by atoms with Crippen LogP contribution in [0.4, 0.5) is 0 Å². The molecule has 0 aliphatic heterocycles. The average Bonchev–Trinajstić information content (AvgIpc) is 2.29. The van der Waals surface area contributed by atoms with Crippen LogP contribution in [-0.4, -0.2) is 40.0 Å². The number of hydrogen-bond donors (Lipinski definition) is 4. The number of hydrogen-bond acceptors (Lipinski definition) is 4. The summed E-state index contributed by atoms with van der Waals surface area (Å²) in [6.45, 7) is 1.34. The molecule has 0 aromatic heterocycles. The van der Waals surface area contributed by atoms with E-state index >= 15 is 0 Å². The van der Waals surface area contributed by atoms with Crippen molar-refractivity contribution in [2.45, 2.75) is 57.6 Å². The topological polar surface area (TPSA) is 86.6 Å². The predicted molar refractivity (Wildman–Crippen MR) is 72.8 cm³/mol. The Hall–Kier alpha value is -0.750. The molecule has 106 valence electrons. The number of carbonyl (C=O) groups excluding carboxylic acids is 1. The highest BCUT2D eigenvalue weighted by atomic mass is 32.1. The molecule has 0 fully saturated rings. The summed E-state index contributed by atoms with van der Waals surface area (Å²) in [6, 6.07) is -1.22. The summed E-state index contributed by atoms with van der Waals surface area (Å²) in [4.78, 5) is 22.2. The molecule has 0 spiro atoms. The fourth-order valence-corrected chi connectivity index (χ4v) is 1.79. The number of nitrogens with one attached hydrogen (secondary N) is 1. The molecule has 18 heavy (non-hydrogen) atoms. The lowest BCUT2D eigenvalue weighted by Gasteiger charge is -2.16. The number of aliphatic carboxylic acids is 1. The van der Waals surface area contributed by atoms with Crippen LogP contribution >= 0.6 is 12.6 Å². The van der Waals surface area contributed by atoms with E-state index in [1.165, 1.54) is 6.92 Å². The molecule has 2 atom stereocenters. The first-order valence-corrected chi connectivity index (χ1v) is 6.93. The van der Waals surface area contributed by atoms with Crippen LogP contribution in [0.15, 0.2) is 0 Å². The standard InChI is InChI=1S/C12H23NO4S/c1-9(14)11(12(16)17)13-10(15)7-5-3-2-4-6-8-18/h9,11,14,18H,2-8H2,1H3,(H,13,15)(H,16,17). The first-order chi connectivity index (χ1) is 8.49. The Kier molecular flexibility index (Phi) is 9.77. The Bertz CT molecular complexity index is 258. The molecule has 0 bridgehead atoms. The fourth-order valence-electron chi connectivity index (χ4n) is 1.56. The minimum atomic E-state index is -1.22. The Balaban J connectivity index is 3.72. The van der Waals surface area contributed by atoms with E-state index in [1.54, 1.807) is 0 Å². The van der Waals surface area contributed by atoms with E-state index in [1.807, 2.05) is 0 Å². The van der Waals surface area contributed by atoms with E-state index in [4.69, 9.17) is 5.11 Å². The first kappa shape index (κ1) is 17.2. The zero-order chi connectivity index (χ0) is 14.0. The van der Waals surface area contributed by atoms with Gasteiger partial charge in [0.15, 0.2) is 6.04 Å². The van der Waals surface area contributed by atoms with Crippen LogP contribution in [0.1, 0.15) is 45.4 Å². The van der Waals surface area contributed by atoms with E-state index in [0.717, 1.165) is 37.9 Å². The van der Waals surface area contributed by atoms with Gasteiger partial charge in [0, 0.05) is 6.42 Å². The molecule has 0 aromatic rings. The van der Waals surface area contributed by atoms with Crippen molar-refractivity contribution >= 4 is 24.5 Å². The van der Waals surface area contributed by atoms with Gasteiger partial charge >= 0.3 is 5.97 Å². The molecule has 0 saturated heterocycles. The maximum atomic E-state index is 11.5. The second kappa shape index (κ2) is 10.2. The monoisotopic (exact) mass is 277 g/mol. The van der Waals surface area contributed by atoms with Gasteiger partial charge in [-0.15, -0.1) is 0 Å². The zero-order valence-electron chi connectivity index (χ0n) is 10.8. The summed E-state index contributed by atoms with van der Waals surface area (Å²) in [6.07, 6.45) is 4.15.